The van der Waals surface area contributed by atoms with Gasteiger partial charge in [0.2, 0.25) is 0 Å². The number of carbonyl (C=O) groups is 1. The molecule has 8 heteroatoms. The standard InChI is InChI=1S/C13H15N3O3S2/c14-21(18,19)16-7-5-15(6-8-16)13(17)12-9-10-3-1-2-4-11(10)20-12/h1-4,9H,5-8H2,(H2,14,18,19). The van der Waals surface area contributed by atoms with Crippen molar-refractivity contribution in [1.29, 1.82) is 0 Å². The van der Waals surface area contributed by atoms with E-state index in [1.807, 2.05) is 30.3 Å². The summed E-state index contributed by atoms with van der Waals surface area (Å²) in [5, 5.41) is 6.14. The first-order valence-corrected chi connectivity index (χ1v) is 8.83. The van der Waals surface area contributed by atoms with Crippen LogP contribution < -0.4 is 5.14 Å². The van der Waals surface area contributed by atoms with E-state index >= 15 is 0 Å². The maximum absolute atomic E-state index is 12.5. The SMILES string of the molecule is NS(=O)(=O)N1CCN(C(=O)c2cc3ccccc3s2)CC1. The molecule has 1 fully saturated rings. The normalized spacial score (nSPS) is 17.3. The molecule has 0 atom stereocenters. The highest BCUT2D eigenvalue weighted by Gasteiger charge is 2.27. The summed E-state index contributed by atoms with van der Waals surface area (Å²) >= 11 is 1.46. The highest BCUT2D eigenvalue weighted by molar-refractivity contribution is 7.86. The Morgan fingerprint density at radius 1 is 1.14 bits per heavy atom. The van der Waals surface area contributed by atoms with Gasteiger partial charge in [-0.3, -0.25) is 4.79 Å². The first-order valence-electron chi connectivity index (χ1n) is 6.51. The fraction of sp³-hybridized carbons (Fsp3) is 0.308. The Kier molecular flexibility index (Phi) is 3.70. The molecule has 112 valence electrons. The third-order valence-corrected chi connectivity index (χ3v) is 5.71. The summed E-state index contributed by atoms with van der Waals surface area (Å²) in [4.78, 5) is 14.8. The Morgan fingerprint density at radius 3 is 2.43 bits per heavy atom. The van der Waals surface area contributed by atoms with Crippen LogP contribution >= 0.6 is 11.3 Å². The summed E-state index contributed by atoms with van der Waals surface area (Å²) in [7, 11) is -3.66. The lowest BCUT2D eigenvalue weighted by Crippen LogP contribution is -2.52. The van der Waals surface area contributed by atoms with Gasteiger partial charge in [-0.15, -0.1) is 11.3 Å². The molecule has 0 saturated carbocycles. The highest BCUT2D eigenvalue weighted by Crippen LogP contribution is 2.26. The van der Waals surface area contributed by atoms with Gasteiger partial charge in [-0.05, 0) is 17.5 Å². The largest absolute Gasteiger partial charge is 0.335 e. The molecule has 1 aromatic heterocycles. The number of hydrogen-bond donors (Lipinski definition) is 1. The Bertz CT molecular complexity index is 744. The number of nitrogens with two attached hydrogens (primary N) is 1. The van der Waals surface area contributed by atoms with Crippen molar-refractivity contribution < 1.29 is 13.2 Å². The molecule has 21 heavy (non-hydrogen) atoms. The van der Waals surface area contributed by atoms with Crippen LogP contribution in [0.2, 0.25) is 0 Å². The van der Waals surface area contributed by atoms with E-state index in [2.05, 4.69) is 0 Å². The number of fused-ring (bicyclic) bond motifs is 1. The van der Waals surface area contributed by atoms with Crippen molar-refractivity contribution in [1.82, 2.24) is 9.21 Å². The first kappa shape index (κ1) is 14.5. The van der Waals surface area contributed by atoms with Gasteiger partial charge in [0.1, 0.15) is 0 Å². The van der Waals surface area contributed by atoms with E-state index in [1.165, 1.54) is 15.6 Å². The van der Waals surface area contributed by atoms with Gasteiger partial charge in [0.15, 0.2) is 0 Å². The van der Waals surface area contributed by atoms with Crippen molar-refractivity contribution in [3.63, 3.8) is 0 Å². The molecule has 2 N–H and O–H groups in total. The molecule has 2 aromatic rings. The lowest BCUT2D eigenvalue weighted by atomic mass is 10.2. The van der Waals surface area contributed by atoms with Crippen molar-refractivity contribution in [3.05, 3.63) is 35.2 Å². The van der Waals surface area contributed by atoms with Crippen LogP contribution in [0.4, 0.5) is 0 Å². The van der Waals surface area contributed by atoms with Crippen molar-refractivity contribution in [2.24, 2.45) is 5.14 Å². The predicted octanol–water partition coefficient (Wildman–Crippen LogP) is 0.863. The minimum absolute atomic E-state index is 0.0507. The molecular formula is C13H15N3O3S2. The number of amides is 1. The molecule has 0 aliphatic carbocycles. The molecule has 1 aromatic carbocycles. The van der Waals surface area contributed by atoms with E-state index in [-0.39, 0.29) is 19.0 Å². The lowest BCUT2D eigenvalue weighted by molar-refractivity contribution is 0.0703. The Morgan fingerprint density at radius 2 is 1.81 bits per heavy atom. The monoisotopic (exact) mass is 325 g/mol. The molecule has 2 heterocycles. The second kappa shape index (κ2) is 5.38. The van der Waals surface area contributed by atoms with Crippen LogP contribution in [0, 0.1) is 0 Å². The van der Waals surface area contributed by atoms with Gasteiger partial charge in [0, 0.05) is 30.9 Å². The van der Waals surface area contributed by atoms with Crippen LogP contribution in [-0.4, -0.2) is 49.7 Å². The van der Waals surface area contributed by atoms with Crippen LogP contribution in [0.5, 0.6) is 0 Å². The topological polar surface area (TPSA) is 83.7 Å². The van der Waals surface area contributed by atoms with Crippen LogP contribution in [0.1, 0.15) is 9.67 Å². The number of thiophene rings is 1. The molecule has 1 aliphatic rings. The first-order chi connectivity index (χ1) is 9.95. The third kappa shape index (κ3) is 2.93. The van der Waals surface area contributed by atoms with Gasteiger partial charge in [-0.1, -0.05) is 18.2 Å². The van der Waals surface area contributed by atoms with E-state index in [9.17, 15) is 13.2 Å². The van der Waals surface area contributed by atoms with Gasteiger partial charge in [-0.2, -0.15) is 12.7 Å². The molecule has 3 rings (SSSR count). The van der Waals surface area contributed by atoms with Crippen LogP contribution in [0.3, 0.4) is 0 Å². The molecule has 0 bridgehead atoms. The summed E-state index contributed by atoms with van der Waals surface area (Å²) in [5.74, 6) is -0.0507. The minimum atomic E-state index is -3.66. The average Bonchev–Trinajstić information content (AvgIpc) is 2.89. The fourth-order valence-electron chi connectivity index (χ4n) is 2.39. The van der Waals surface area contributed by atoms with E-state index in [1.54, 1.807) is 4.90 Å². The van der Waals surface area contributed by atoms with E-state index in [0.717, 1.165) is 10.1 Å². The molecule has 1 amide bonds. The molecule has 1 saturated heterocycles. The molecular weight excluding hydrogens is 310 g/mol. The van der Waals surface area contributed by atoms with Crippen molar-refractivity contribution in [2.45, 2.75) is 0 Å². The quantitative estimate of drug-likeness (QED) is 0.889. The van der Waals surface area contributed by atoms with Crippen LogP contribution in [-0.2, 0) is 10.2 Å². The van der Waals surface area contributed by atoms with Gasteiger partial charge >= 0.3 is 0 Å². The van der Waals surface area contributed by atoms with Gasteiger partial charge < -0.3 is 4.90 Å². The summed E-state index contributed by atoms with van der Waals surface area (Å²) in [5.41, 5.74) is 0. The Balaban J connectivity index is 1.75. The van der Waals surface area contributed by atoms with Crippen molar-refractivity contribution in [3.8, 4) is 0 Å². The third-order valence-electron chi connectivity index (χ3n) is 3.52. The Labute approximate surface area is 126 Å². The van der Waals surface area contributed by atoms with E-state index < -0.39 is 10.2 Å². The van der Waals surface area contributed by atoms with Crippen molar-refractivity contribution in [2.75, 3.05) is 26.2 Å². The second-order valence-electron chi connectivity index (χ2n) is 4.88. The number of piperazine rings is 1. The van der Waals surface area contributed by atoms with Crippen LogP contribution in [0.25, 0.3) is 10.1 Å². The maximum atomic E-state index is 12.5. The smallest absolute Gasteiger partial charge is 0.277 e. The molecule has 0 unspecified atom stereocenters. The summed E-state index contributed by atoms with van der Waals surface area (Å²) in [6.45, 7) is 1.22. The van der Waals surface area contributed by atoms with Gasteiger partial charge in [-0.25, -0.2) is 5.14 Å². The average molecular weight is 325 g/mol. The number of hydrogen-bond acceptors (Lipinski definition) is 4. The second-order valence-corrected chi connectivity index (χ2v) is 7.51. The number of rotatable bonds is 2. The minimum Gasteiger partial charge on any atom is -0.335 e. The van der Waals surface area contributed by atoms with Crippen molar-refractivity contribution >= 4 is 37.5 Å². The number of benzene rings is 1. The number of carbonyl (C=O) groups excluding carboxylic acids is 1. The molecule has 6 nitrogen and oxygen atoms in total. The zero-order chi connectivity index (χ0) is 15.0. The zero-order valence-corrected chi connectivity index (χ0v) is 12.9. The predicted molar refractivity (Wildman–Crippen MR) is 82.4 cm³/mol. The number of nitrogens with zero attached hydrogens (tertiary/aromatic N) is 2. The Hall–Kier alpha value is -1.48. The summed E-state index contributed by atoms with van der Waals surface area (Å²) in [6.07, 6.45) is 0. The maximum Gasteiger partial charge on any atom is 0.277 e. The van der Waals surface area contributed by atoms with Crippen LogP contribution in [0.15, 0.2) is 30.3 Å². The van der Waals surface area contributed by atoms with Gasteiger partial charge in [0.25, 0.3) is 16.1 Å². The fourth-order valence-corrected chi connectivity index (χ4v) is 4.09. The lowest BCUT2D eigenvalue weighted by Gasteiger charge is -2.32. The van der Waals surface area contributed by atoms with E-state index in [4.69, 9.17) is 5.14 Å². The molecule has 0 radical (unpaired) electrons. The zero-order valence-electron chi connectivity index (χ0n) is 11.2. The van der Waals surface area contributed by atoms with Gasteiger partial charge in [0.05, 0.1) is 4.88 Å². The highest BCUT2D eigenvalue weighted by atomic mass is 32.2. The molecule has 0 spiro atoms. The summed E-state index contributed by atoms with van der Waals surface area (Å²) < 4.78 is 24.8. The summed E-state index contributed by atoms with van der Waals surface area (Å²) in [6, 6.07) is 9.72. The van der Waals surface area contributed by atoms with E-state index in [0.29, 0.717) is 18.0 Å². The molecule has 1 aliphatic heterocycles.